The zero-order chi connectivity index (χ0) is 41.4. The lowest BCUT2D eigenvalue weighted by molar-refractivity contribution is -0.870. The Morgan fingerprint density at radius 3 is 1.57 bits per heavy atom. The van der Waals surface area contributed by atoms with Crippen molar-refractivity contribution in [2.24, 2.45) is 0 Å². The number of nitrogens with zero attached hydrogens (tertiary/aromatic N) is 1. The van der Waals surface area contributed by atoms with E-state index in [2.05, 4.69) is 104 Å². The van der Waals surface area contributed by atoms with Gasteiger partial charge in [-0.15, -0.1) is 0 Å². The lowest BCUT2D eigenvalue weighted by atomic mass is 10.1. The highest BCUT2D eigenvalue weighted by atomic mass is 31.2. The molecule has 0 spiro atoms. The second kappa shape index (κ2) is 38.0. The van der Waals surface area contributed by atoms with Gasteiger partial charge in [0.1, 0.15) is 13.2 Å². The van der Waals surface area contributed by atoms with Crippen LogP contribution in [0.15, 0.2) is 97.2 Å². The van der Waals surface area contributed by atoms with E-state index in [1.165, 1.54) is 19.3 Å². The number of rotatable bonds is 37. The molecule has 0 aromatic carbocycles. The van der Waals surface area contributed by atoms with Gasteiger partial charge in [-0.1, -0.05) is 156 Å². The lowest BCUT2D eigenvalue weighted by Gasteiger charge is -2.25. The molecule has 0 rings (SSSR count). The van der Waals surface area contributed by atoms with Crippen molar-refractivity contribution in [2.45, 2.75) is 154 Å². The van der Waals surface area contributed by atoms with E-state index in [-0.39, 0.29) is 19.1 Å². The number of carbonyl (C=O) groups excluding carboxylic acids is 1. The molecule has 0 heterocycles. The van der Waals surface area contributed by atoms with Crippen LogP contribution >= 0.6 is 7.82 Å². The third kappa shape index (κ3) is 39.6. The number of quaternary nitrogens is 1. The van der Waals surface area contributed by atoms with Crippen molar-refractivity contribution in [2.75, 3.05) is 40.9 Å². The van der Waals surface area contributed by atoms with Crippen LogP contribution in [-0.4, -0.2) is 73.4 Å². The second-order valence-corrected chi connectivity index (χ2v) is 16.8. The van der Waals surface area contributed by atoms with Crippen LogP contribution in [0.1, 0.15) is 142 Å². The maximum Gasteiger partial charge on any atom is 0.472 e. The summed E-state index contributed by atoms with van der Waals surface area (Å²) in [6.07, 6.45) is 53.6. The molecule has 0 aliphatic carbocycles. The normalized spacial score (nSPS) is 15.3. The van der Waals surface area contributed by atoms with E-state index in [9.17, 15) is 19.4 Å². The molecule has 8 nitrogen and oxygen atoms in total. The Kier molecular flexibility index (Phi) is 36.2. The van der Waals surface area contributed by atoms with Crippen LogP contribution in [0.5, 0.6) is 0 Å². The standard InChI is InChI=1S/C47H81N2O6P/c1-6-8-10-12-14-15-16-17-18-19-20-21-22-23-24-25-26-27-28-29-30-31-32-33-35-37-39-41-47(51)48-45(46(50)40-38-36-34-13-11-9-7-2)44-55-56(52,53)54-43-42-49(3,4)5/h8,10,14-15,17-18,20-21,23-24,26-27,29-30,38,40,45-46,50H,6-7,9,11-13,16,19,22,25,28,31-37,39,41-44H2,1-5H3,(H-,48,51,52,53)/p+1/b10-8-,15-14-,18-17-,21-20-,24-23-,27-26-,30-29-,40-38+. The molecule has 0 bridgehead atoms. The molecule has 56 heavy (non-hydrogen) atoms. The minimum Gasteiger partial charge on any atom is -0.387 e. The van der Waals surface area contributed by atoms with Crippen LogP contribution in [0.4, 0.5) is 0 Å². The van der Waals surface area contributed by atoms with Gasteiger partial charge in [-0.25, -0.2) is 4.57 Å². The number of aliphatic hydroxyl groups excluding tert-OH is 1. The fraction of sp³-hybridized carbons (Fsp3) is 0.638. The Bertz CT molecular complexity index is 1230. The van der Waals surface area contributed by atoms with Crippen molar-refractivity contribution < 1.29 is 32.9 Å². The summed E-state index contributed by atoms with van der Waals surface area (Å²) in [6.45, 7) is 4.58. The molecule has 0 saturated carbocycles. The predicted molar refractivity (Wildman–Crippen MR) is 239 cm³/mol. The molecule has 320 valence electrons. The molecule has 0 aromatic heterocycles. The number of phosphoric ester groups is 1. The van der Waals surface area contributed by atoms with E-state index in [0.29, 0.717) is 17.4 Å². The van der Waals surface area contributed by atoms with Crippen LogP contribution in [0.3, 0.4) is 0 Å². The molecule has 1 amide bonds. The summed E-state index contributed by atoms with van der Waals surface area (Å²) in [4.78, 5) is 23.0. The average molecular weight is 802 g/mol. The van der Waals surface area contributed by atoms with Gasteiger partial charge in [0.05, 0.1) is 39.9 Å². The van der Waals surface area contributed by atoms with Gasteiger partial charge < -0.3 is 19.8 Å². The largest absolute Gasteiger partial charge is 0.472 e. The summed E-state index contributed by atoms with van der Waals surface area (Å²) >= 11 is 0. The van der Waals surface area contributed by atoms with Crippen LogP contribution in [0, 0.1) is 0 Å². The zero-order valence-corrected chi connectivity index (χ0v) is 37.0. The van der Waals surface area contributed by atoms with Crippen molar-refractivity contribution in [1.29, 1.82) is 0 Å². The number of nitrogens with one attached hydrogen (secondary N) is 1. The summed E-state index contributed by atoms with van der Waals surface area (Å²) < 4.78 is 23.4. The third-order valence-electron chi connectivity index (χ3n) is 8.81. The van der Waals surface area contributed by atoms with E-state index >= 15 is 0 Å². The Morgan fingerprint density at radius 1 is 0.625 bits per heavy atom. The van der Waals surface area contributed by atoms with E-state index < -0.39 is 20.0 Å². The lowest BCUT2D eigenvalue weighted by Crippen LogP contribution is -2.45. The maximum atomic E-state index is 12.8. The molecule has 0 fully saturated rings. The molecule has 9 heteroatoms. The van der Waals surface area contributed by atoms with Crippen molar-refractivity contribution in [3.05, 3.63) is 97.2 Å². The Labute approximate surface area is 343 Å². The summed E-state index contributed by atoms with van der Waals surface area (Å²) in [7, 11) is 1.53. The number of unbranched alkanes of at least 4 members (excludes halogenated alkanes) is 10. The topological polar surface area (TPSA) is 105 Å². The smallest absolute Gasteiger partial charge is 0.387 e. The van der Waals surface area contributed by atoms with E-state index in [4.69, 9.17) is 9.05 Å². The van der Waals surface area contributed by atoms with Gasteiger partial charge in [0.2, 0.25) is 5.91 Å². The number of allylic oxidation sites excluding steroid dienone is 15. The molecule has 0 radical (unpaired) electrons. The highest BCUT2D eigenvalue weighted by Gasteiger charge is 2.27. The Hall–Kier alpha value is -2.58. The highest BCUT2D eigenvalue weighted by Crippen LogP contribution is 2.43. The van der Waals surface area contributed by atoms with Gasteiger partial charge in [0.15, 0.2) is 0 Å². The van der Waals surface area contributed by atoms with Gasteiger partial charge in [-0.05, 0) is 77.0 Å². The van der Waals surface area contributed by atoms with E-state index in [1.807, 2.05) is 27.2 Å². The first kappa shape index (κ1) is 53.4. The molecule has 3 N–H and O–H groups in total. The fourth-order valence-electron chi connectivity index (χ4n) is 5.37. The summed E-state index contributed by atoms with van der Waals surface area (Å²) in [5.74, 6) is -0.207. The number of carbonyl (C=O) groups is 1. The summed E-state index contributed by atoms with van der Waals surface area (Å²) in [5, 5.41) is 13.7. The van der Waals surface area contributed by atoms with Crippen molar-refractivity contribution in [1.82, 2.24) is 5.32 Å². The maximum absolute atomic E-state index is 12.8. The average Bonchev–Trinajstić information content (AvgIpc) is 3.15. The Morgan fingerprint density at radius 2 is 1.07 bits per heavy atom. The summed E-state index contributed by atoms with van der Waals surface area (Å²) in [5.41, 5.74) is 0. The molecule has 0 aromatic rings. The van der Waals surface area contributed by atoms with Crippen molar-refractivity contribution >= 4 is 13.7 Å². The minimum absolute atomic E-state index is 0.0510. The quantitative estimate of drug-likeness (QED) is 0.0250. The monoisotopic (exact) mass is 802 g/mol. The van der Waals surface area contributed by atoms with Gasteiger partial charge in [0, 0.05) is 6.42 Å². The summed E-state index contributed by atoms with van der Waals surface area (Å²) in [6, 6.07) is -0.860. The van der Waals surface area contributed by atoms with Crippen LogP contribution in [0.2, 0.25) is 0 Å². The fourth-order valence-corrected chi connectivity index (χ4v) is 6.11. The molecular weight excluding hydrogens is 719 g/mol. The van der Waals surface area contributed by atoms with Gasteiger partial charge in [0.25, 0.3) is 0 Å². The SMILES string of the molecule is CC/C=C\C/C=C\C/C=C\C/C=C\C/C=C\C/C=C\C/C=C\CCCCCCCC(=O)NC(COP(=O)(O)OCC[N+](C)(C)C)C(O)/C=C/CCCCCCC. The minimum atomic E-state index is -4.34. The van der Waals surface area contributed by atoms with E-state index in [1.54, 1.807) is 6.08 Å². The predicted octanol–water partition coefficient (Wildman–Crippen LogP) is 12.0. The first-order valence-electron chi connectivity index (χ1n) is 21.6. The van der Waals surface area contributed by atoms with Crippen molar-refractivity contribution in [3.8, 4) is 0 Å². The van der Waals surface area contributed by atoms with Gasteiger partial charge in [-0.2, -0.15) is 0 Å². The first-order chi connectivity index (χ1) is 27.0. The molecule has 0 aliphatic rings. The molecule has 3 atom stereocenters. The van der Waals surface area contributed by atoms with Crippen LogP contribution in [0.25, 0.3) is 0 Å². The number of hydrogen-bond acceptors (Lipinski definition) is 5. The highest BCUT2D eigenvalue weighted by molar-refractivity contribution is 7.47. The number of amides is 1. The molecular formula is C47H82N2O6P+. The second-order valence-electron chi connectivity index (χ2n) is 15.3. The number of aliphatic hydroxyl groups is 1. The van der Waals surface area contributed by atoms with E-state index in [0.717, 1.165) is 103 Å². The Balaban J connectivity index is 4.26. The molecule has 0 aliphatic heterocycles. The van der Waals surface area contributed by atoms with Gasteiger partial charge >= 0.3 is 7.82 Å². The first-order valence-corrected chi connectivity index (χ1v) is 23.1. The number of likely N-dealkylation sites (N-methyl/N-ethyl adjacent to an activating group) is 1. The van der Waals surface area contributed by atoms with Crippen LogP contribution < -0.4 is 5.32 Å². The number of phosphoric acid groups is 1. The molecule has 3 unspecified atom stereocenters. The van der Waals surface area contributed by atoms with Gasteiger partial charge in [-0.3, -0.25) is 13.8 Å². The molecule has 0 saturated heterocycles. The third-order valence-corrected chi connectivity index (χ3v) is 9.79. The number of hydrogen-bond donors (Lipinski definition) is 3. The van der Waals surface area contributed by atoms with Crippen LogP contribution in [-0.2, 0) is 18.4 Å². The zero-order valence-electron chi connectivity index (χ0n) is 36.1. The van der Waals surface area contributed by atoms with Crippen molar-refractivity contribution in [3.63, 3.8) is 0 Å².